The van der Waals surface area contributed by atoms with E-state index in [0.717, 1.165) is 0 Å². The van der Waals surface area contributed by atoms with Gasteiger partial charge in [-0.15, -0.1) is 0 Å². The maximum Gasteiger partial charge on any atom is 0.190 e. The summed E-state index contributed by atoms with van der Waals surface area (Å²) in [7, 11) is 0. The number of carbonyl (C=O) groups excluding carboxylic acids is 2. The van der Waals surface area contributed by atoms with E-state index in [1.165, 1.54) is 26.0 Å². The van der Waals surface area contributed by atoms with Crippen LogP contribution in [-0.4, -0.2) is 11.6 Å². The van der Waals surface area contributed by atoms with Crippen LogP contribution in [0.4, 0.5) is 5.69 Å². The van der Waals surface area contributed by atoms with Gasteiger partial charge in [0.25, 0.3) is 0 Å². The van der Waals surface area contributed by atoms with Crippen LogP contribution >= 0.6 is 0 Å². The Hall–Kier alpha value is -1.84. The zero-order chi connectivity index (χ0) is 10.9. The first-order chi connectivity index (χ1) is 6.45. The summed E-state index contributed by atoms with van der Waals surface area (Å²) in [4.78, 5) is 22.3. The summed E-state index contributed by atoms with van der Waals surface area (Å²) in [5.41, 5.74) is 5.60. The number of benzene rings is 1. The highest BCUT2D eigenvalue weighted by molar-refractivity contribution is 6.11. The number of Topliss-reactive ketones (excluding diaryl/α,β-unsaturated/α-hetero) is 2. The molecule has 4 heteroatoms. The molecule has 73 valence electrons. The standard InChI is InChI=1S/C10H10NO3/c1-5(12)9-7(11)3-4-8(14)10(9)6(2)13/h3-4H,11H2,1-2H3. The molecule has 0 heterocycles. The molecule has 0 saturated heterocycles. The van der Waals surface area contributed by atoms with Crippen LogP contribution in [0, 0.1) is 0 Å². The Morgan fingerprint density at radius 3 is 1.93 bits per heavy atom. The average Bonchev–Trinajstić information content (AvgIpc) is 2.07. The number of carbonyl (C=O) groups is 2. The highest BCUT2D eigenvalue weighted by atomic mass is 16.3. The van der Waals surface area contributed by atoms with Crippen LogP contribution in [0.25, 0.3) is 0 Å². The van der Waals surface area contributed by atoms with Crippen LogP contribution in [0.5, 0.6) is 5.75 Å². The molecule has 2 N–H and O–H groups in total. The molecular weight excluding hydrogens is 182 g/mol. The van der Waals surface area contributed by atoms with E-state index in [1.807, 2.05) is 0 Å². The molecule has 14 heavy (non-hydrogen) atoms. The van der Waals surface area contributed by atoms with E-state index in [0.29, 0.717) is 0 Å². The number of hydrogen-bond donors (Lipinski definition) is 1. The molecule has 0 spiro atoms. The number of nitrogen functional groups attached to an aromatic ring is 1. The Morgan fingerprint density at radius 2 is 1.57 bits per heavy atom. The molecule has 1 rings (SSSR count). The lowest BCUT2D eigenvalue weighted by Crippen LogP contribution is -2.08. The van der Waals surface area contributed by atoms with Gasteiger partial charge in [0.05, 0.1) is 11.1 Å². The second kappa shape index (κ2) is 3.49. The van der Waals surface area contributed by atoms with Gasteiger partial charge in [-0.25, -0.2) is 0 Å². The first-order valence-corrected chi connectivity index (χ1v) is 4.06. The van der Waals surface area contributed by atoms with E-state index in [4.69, 9.17) is 5.73 Å². The van der Waals surface area contributed by atoms with Crippen molar-refractivity contribution in [2.75, 3.05) is 5.73 Å². The van der Waals surface area contributed by atoms with Crippen LogP contribution in [0.1, 0.15) is 34.6 Å². The topological polar surface area (TPSA) is 80.1 Å². The van der Waals surface area contributed by atoms with Gasteiger partial charge in [0.15, 0.2) is 17.3 Å². The second-order valence-electron chi connectivity index (χ2n) is 3.02. The van der Waals surface area contributed by atoms with Gasteiger partial charge in [-0.05, 0) is 26.0 Å². The molecule has 0 saturated carbocycles. The Bertz CT molecular complexity index is 371. The first kappa shape index (κ1) is 10.2. The van der Waals surface area contributed by atoms with E-state index < -0.39 is 11.5 Å². The SMILES string of the molecule is CC(=O)c1c(N)ccc([O])c1C(C)=O. The van der Waals surface area contributed by atoms with Crippen molar-refractivity contribution >= 4 is 17.3 Å². The smallest absolute Gasteiger partial charge is 0.190 e. The van der Waals surface area contributed by atoms with Gasteiger partial charge in [-0.3, -0.25) is 14.7 Å². The quantitative estimate of drug-likeness (QED) is 0.573. The summed E-state index contributed by atoms with van der Waals surface area (Å²) in [6.07, 6.45) is 0. The third-order valence-corrected chi connectivity index (χ3v) is 1.90. The zero-order valence-corrected chi connectivity index (χ0v) is 7.96. The molecule has 0 atom stereocenters. The fourth-order valence-corrected chi connectivity index (χ4v) is 1.33. The molecule has 0 aliphatic carbocycles. The van der Waals surface area contributed by atoms with Gasteiger partial charge in [0, 0.05) is 5.69 Å². The van der Waals surface area contributed by atoms with Crippen molar-refractivity contribution in [3.63, 3.8) is 0 Å². The predicted molar refractivity (Wildman–Crippen MR) is 51.0 cm³/mol. The lowest BCUT2D eigenvalue weighted by atomic mass is 9.98. The zero-order valence-electron chi connectivity index (χ0n) is 7.96. The summed E-state index contributed by atoms with van der Waals surface area (Å²) in [5, 5.41) is 11.3. The van der Waals surface area contributed by atoms with Crippen molar-refractivity contribution in [1.29, 1.82) is 0 Å². The minimum atomic E-state index is -0.461. The van der Waals surface area contributed by atoms with Crippen LogP contribution in [0.3, 0.4) is 0 Å². The third-order valence-electron chi connectivity index (χ3n) is 1.90. The summed E-state index contributed by atoms with van der Waals surface area (Å²) < 4.78 is 0. The minimum Gasteiger partial charge on any atom is -0.398 e. The molecule has 0 aromatic heterocycles. The van der Waals surface area contributed by atoms with Crippen LogP contribution in [0.2, 0.25) is 0 Å². The summed E-state index contributed by atoms with van der Waals surface area (Å²) in [6.45, 7) is 2.51. The van der Waals surface area contributed by atoms with Crippen molar-refractivity contribution < 1.29 is 14.7 Å². The summed E-state index contributed by atoms with van der Waals surface area (Å²) in [6, 6.07) is 2.53. The Kier molecular flexibility index (Phi) is 2.56. The molecule has 1 radical (unpaired) electrons. The minimum absolute atomic E-state index is 0.0324. The molecule has 0 bridgehead atoms. The predicted octanol–water partition coefficient (Wildman–Crippen LogP) is 1.82. The molecule has 1 aromatic carbocycles. The number of ketones is 2. The lowest BCUT2D eigenvalue weighted by molar-refractivity contribution is 0.0977. The normalized spacial score (nSPS) is 9.86. The van der Waals surface area contributed by atoms with Crippen molar-refractivity contribution in [2.45, 2.75) is 13.8 Å². The van der Waals surface area contributed by atoms with Gasteiger partial charge >= 0.3 is 0 Å². The van der Waals surface area contributed by atoms with E-state index in [1.54, 1.807) is 0 Å². The van der Waals surface area contributed by atoms with E-state index in [2.05, 4.69) is 0 Å². The summed E-state index contributed by atoms with van der Waals surface area (Å²) >= 11 is 0. The van der Waals surface area contributed by atoms with E-state index >= 15 is 0 Å². The van der Waals surface area contributed by atoms with Crippen molar-refractivity contribution in [1.82, 2.24) is 0 Å². The molecule has 0 fully saturated rings. The van der Waals surface area contributed by atoms with Crippen LogP contribution in [0.15, 0.2) is 12.1 Å². The lowest BCUT2D eigenvalue weighted by Gasteiger charge is -2.07. The number of rotatable bonds is 2. The van der Waals surface area contributed by atoms with Crippen molar-refractivity contribution in [3.05, 3.63) is 23.3 Å². The monoisotopic (exact) mass is 192 g/mol. The van der Waals surface area contributed by atoms with Gasteiger partial charge in [-0.2, -0.15) is 0 Å². The second-order valence-corrected chi connectivity index (χ2v) is 3.02. The Balaban J connectivity index is 3.58. The fourth-order valence-electron chi connectivity index (χ4n) is 1.33. The van der Waals surface area contributed by atoms with E-state index in [-0.39, 0.29) is 22.6 Å². The largest absolute Gasteiger partial charge is 0.398 e. The highest BCUT2D eigenvalue weighted by Gasteiger charge is 2.19. The molecule has 1 aromatic rings. The molecular formula is C10H10NO3. The number of anilines is 1. The van der Waals surface area contributed by atoms with Gasteiger partial charge in [0.1, 0.15) is 0 Å². The Labute approximate surface area is 81.3 Å². The van der Waals surface area contributed by atoms with Crippen LogP contribution in [-0.2, 0) is 5.11 Å². The fraction of sp³-hybridized carbons (Fsp3) is 0.200. The maximum atomic E-state index is 11.3. The number of hydrogen-bond acceptors (Lipinski definition) is 3. The molecule has 0 amide bonds. The maximum absolute atomic E-state index is 11.3. The molecule has 0 unspecified atom stereocenters. The molecule has 0 aliphatic rings. The number of nitrogens with two attached hydrogens (primary N) is 1. The average molecular weight is 192 g/mol. The third kappa shape index (κ3) is 1.59. The molecule has 4 nitrogen and oxygen atoms in total. The van der Waals surface area contributed by atoms with Gasteiger partial charge < -0.3 is 5.73 Å². The van der Waals surface area contributed by atoms with Gasteiger partial charge in [0.2, 0.25) is 0 Å². The highest BCUT2D eigenvalue weighted by Crippen LogP contribution is 2.27. The van der Waals surface area contributed by atoms with Gasteiger partial charge in [-0.1, -0.05) is 0 Å². The molecule has 0 aliphatic heterocycles. The summed E-state index contributed by atoms with van der Waals surface area (Å²) in [5.74, 6) is -1.27. The first-order valence-electron chi connectivity index (χ1n) is 4.06. The van der Waals surface area contributed by atoms with Crippen molar-refractivity contribution in [3.8, 4) is 5.75 Å². The van der Waals surface area contributed by atoms with Crippen LogP contribution < -0.4 is 5.73 Å². The van der Waals surface area contributed by atoms with E-state index in [9.17, 15) is 14.7 Å². The van der Waals surface area contributed by atoms with Crippen molar-refractivity contribution in [2.24, 2.45) is 0 Å². The Morgan fingerprint density at radius 1 is 1.07 bits per heavy atom.